The van der Waals surface area contributed by atoms with Gasteiger partial charge in [0.15, 0.2) is 0 Å². The zero-order valence-corrected chi connectivity index (χ0v) is 12.0. The summed E-state index contributed by atoms with van der Waals surface area (Å²) in [4.78, 5) is 16.6. The fourth-order valence-electron chi connectivity index (χ4n) is 2.30. The van der Waals surface area contributed by atoms with Gasteiger partial charge in [-0.25, -0.2) is 4.79 Å². The molecule has 0 unspecified atom stereocenters. The molecule has 1 aromatic heterocycles. The number of aromatic amines is 1. The predicted octanol–water partition coefficient (Wildman–Crippen LogP) is 2.67. The minimum absolute atomic E-state index is 0.453. The fourth-order valence-corrected chi connectivity index (χ4v) is 2.30. The third-order valence-electron chi connectivity index (χ3n) is 3.30. The number of hydroxylamine groups is 1. The third kappa shape index (κ3) is 2.89. The van der Waals surface area contributed by atoms with Crippen LogP contribution in [0.15, 0.2) is 60.8 Å². The van der Waals surface area contributed by atoms with E-state index in [2.05, 4.69) is 15.7 Å². The summed E-state index contributed by atoms with van der Waals surface area (Å²) in [5.74, 6) is -0.453. The monoisotopic (exact) mass is 293 g/mol. The Morgan fingerprint density at radius 1 is 1.18 bits per heavy atom. The zero-order chi connectivity index (χ0) is 15.4. The van der Waals surface area contributed by atoms with Gasteiger partial charge in [-0.3, -0.25) is 5.10 Å². The summed E-state index contributed by atoms with van der Waals surface area (Å²) < 4.78 is 0. The number of carbonyl (C=O) groups is 1. The highest BCUT2D eigenvalue weighted by Gasteiger charge is 2.10. The van der Waals surface area contributed by atoms with Crippen LogP contribution in [0, 0.1) is 0 Å². The Bertz CT molecular complexity index is 822. The topological polar surface area (TPSA) is 67.0 Å². The van der Waals surface area contributed by atoms with Gasteiger partial charge in [0.05, 0.1) is 11.7 Å². The predicted molar refractivity (Wildman–Crippen MR) is 84.8 cm³/mol. The van der Waals surface area contributed by atoms with E-state index in [1.54, 1.807) is 13.2 Å². The SMILES string of the molecule is CNOC(=O)/C=C(\c1ccccc1)c1ccc2cn[nH]c2c1. The number of hydrogen-bond acceptors (Lipinski definition) is 4. The highest BCUT2D eigenvalue weighted by Crippen LogP contribution is 2.26. The Morgan fingerprint density at radius 2 is 2.00 bits per heavy atom. The average molecular weight is 293 g/mol. The molecule has 22 heavy (non-hydrogen) atoms. The first-order valence-electron chi connectivity index (χ1n) is 6.86. The first kappa shape index (κ1) is 14.0. The number of fused-ring (bicyclic) bond motifs is 1. The molecule has 0 aliphatic rings. The molecule has 0 aliphatic carbocycles. The van der Waals surface area contributed by atoms with Crippen LogP contribution < -0.4 is 5.48 Å². The van der Waals surface area contributed by atoms with Crippen molar-refractivity contribution in [1.29, 1.82) is 0 Å². The van der Waals surface area contributed by atoms with Crippen molar-refractivity contribution in [1.82, 2.24) is 15.7 Å². The number of nitrogens with zero attached hydrogens (tertiary/aromatic N) is 1. The van der Waals surface area contributed by atoms with Crippen molar-refractivity contribution in [3.8, 4) is 0 Å². The second-order valence-electron chi connectivity index (χ2n) is 4.72. The summed E-state index contributed by atoms with van der Waals surface area (Å²) in [5.41, 5.74) is 5.95. The van der Waals surface area contributed by atoms with Crippen LogP contribution in [0.4, 0.5) is 0 Å². The molecule has 0 saturated heterocycles. The maximum Gasteiger partial charge on any atom is 0.350 e. The zero-order valence-electron chi connectivity index (χ0n) is 12.0. The molecule has 0 spiro atoms. The normalized spacial score (nSPS) is 11.6. The minimum Gasteiger partial charge on any atom is -0.367 e. The van der Waals surface area contributed by atoms with Gasteiger partial charge >= 0.3 is 5.97 Å². The first-order valence-corrected chi connectivity index (χ1v) is 6.86. The molecule has 1 heterocycles. The Kier molecular flexibility index (Phi) is 3.98. The summed E-state index contributed by atoms with van der Waals surface area (Å²) >= 11 is 0. The fraction of sp³-hybridized carbons (Fsp3) is 0.0588. The lowest BCUT2D eigenvalue weighted by Crippen LogP contribution is -2.13. The van der Waals surface area contributed by atoms with Gasteiger partial charge in [-0.15, -0.1) is 0 Å². The third-order valence-corrected chi connectivity index (χ3v) is 3.30. The molecule has 0 radical (unpaired) electrons. The lowest BCUT2D eigenvalue weighted by Gasteiger charge is -2.08. The maximum absolute atomic E-state index is 11.8. The molecule has 3 rings (SSSR count). The van der Waals surface area contributed by atoms with Gasteiger partial charge in [0.25, 0.3) is 0 Å². The van der Waals surface area contributed by atoms with Gasteiger partial charge in [-0.1, -0.05) is 42.5 Å². The van der Waals surface area contributed by atoms with Crippen molar-refractivity contribution in [3.63, 3.8) is 0 Å². The molecular weight excluding hydrogens is 278 g/mol. The Labute approximate surface area is 127 Å². The van der Waals surface area contributed by atoms with Crippen LogP contribution in [0.2, 0.25) is 0 Å². The molecule has 5 heteroatoms. The lowest BCUT2D eigenvalue weighted by atomic mass is 9.97. The summed E-state index contributed by atoms with van der Waals surface area (Å²) in [6.45, 7) is 0. The molecule has 5 nitrogen and oxygen atoms in total. The molecule has 0 fully saturated rings. The van der Waals surface area contributed by atoms with E-state index in [1.165, 1.54) is 6.08 Å². The number of benzene rings is 2. The van der Waals surface area contributed by atoms with Gasteiger partial charge < -0.3 is 4.84 Å². The Balaban J connectivity index is 2.10. The average Bonchev–Trinajstić information content (AvgIpc) is 3.01. The van der Waals surface area contributed by atoms with Crippen LogP contribution in [-0.4, -0.2) is 23.2 Å². The van der Waals surface area contributed by atoms with E-state index in [9.17, 15) is 4.79 Å². The van der Waals surface area contributed by atoms with Gasteiger partial charge in [0.1, 0.15) is 0 Å². The van der Waals surface area contributed by atoms with Crippen LogP contribution in [0.25, 0.3) is 16.5 Å². The van der Waals surface area contributed by atoms with Crippen molar-refractivity contribution < 1.29 is 9.63 Å². The smallest absolute Gasteiger partial charge is 0.350 e. The molecule has 0 bridgehead atoms. The number of nitrogens with one attached hydrogen (secondary N) is 2. The van der Waals surface area contributed by atoms with E-state index >= 15 is 0 Å². The molecule has 0 atom stereocenters. The van der Waals surface area contributed by atoms with Gasteiger partial charge in [-0.05, 0) is 22.8 Å². The van der Waals surface area contributed by atoms with Crippen LogP contribution in [0.5, 0.6) is 0 Å². The second-order valence-corrected chi connectivity index (χ2v) is 4.72. The second kappa shape index (κ2) is 6.24. The van der Waals surface area contributed by atoms with Crippen molar-refractivity contribution in [2.24, 2.45) is 0 Å². The summed E-state index contributed by atoms with van der Waals surface area (Å²) in [6.07, 6.45) is 3.24. The minimum atomic E-state index is -0.453. The largest absolute Gasteiger partial charge is 0.367 e. The summed E-state index contributed by atoms with van der Waals surface area (Å²) in [7, 11) is 1.55. The van der Waals surface area contributed by atoms with Crippen molar-refractivity contribution >= 4 is 22.4 Å². The van der Waals surface area contributed by atoms with E-state index in [0.29, 0.717) is 0 Å². The number of aromatic nitrogens is 2. The molecule has 0 amide bonds. The molecule has 0 aliphatic heterocycles. The van der Waals surface area contributed by atoms with E-state index in [-0.39, 0.29) is 0 Å². The van der Waals surface area contributed by atoms with E-state index < -0.39 is 5.97 Å². The van der Waals surface area contributed by atoms with Crippen LogP contribution >= 0.6 is 0 Å². The Hall–Kier alpha value is -2.92. The van der Waals surface area contributed by atoms with Gasteiger partial charge in [0, 0.05) is 18.5 Å². The molecule has 3 aromatic rings. The van der Waals surface area contributed by atoms with Gasteiger partial charge in [-0.2, -0.15) is 10.6 Å². The molecule has 0 saturated carbocycles. The van der Waals surface area contributed by atoms with E-state index in [4.69, 9.17) is 4.84 Å². The summed E-state index contributed by atoms with van der Waals surface area (Å²) in [5, 5.41) is 7.98. The quantitative estimate of drug-likeness (QED) is 0.573. The van der Waals surface area contributed by atoms with Gasteiger partial charge in [0.2, 0.25) is 0 Å². The van der Waals surface area contributed by atoms with E-state index in [0.717, 1.165) is 27.6 Å². The lowest BCUT2D eigenvalue weighted by molar-refractivity contribution is -0.143. The number of H-pyrrole nitrogens is 1. The standard InChI is InChI=1S/C17H15N3O2/c1-18-22-17(21)10-15(12-5-3-2-4-6-12)13-7-8-14-11-19-20-16(14)9-13/h2-11,18H,1H3,(H,19,20)/b15-10+. The number of carbonyl (C=O) groups excluding carboxylic acids is 1. The molecule has 110 valence electrons. The van der Waals surface area contributed by atoms with Crippen LogP contribution in [-0.2, 0) is 9.63 Å². The van der Waals surface area contributed by atoms with Crippen molar-refractivity contribution in [3.05, 3.63) is 71.9 Å². The number of hydrogen-bond donors (Lipinski definition) is 2. The van der Waals surface area contributed by atoms with Crippen molar-refractivity contribution in [2.45, 2.75) is 0 Å². The van der Waals surface area contributed by atoms with Crippen molar-refractivity contribution in [2.75, 3.05) is 7.05 Å². The molecule has 2 N–H and O–H groups in total. The highest BCUT2D eigenvalue weighted by atomic mass is 16.7. The Morgan fingerprint density at radius 3 is 2.77 bits per heavy atom. The molecule has 2 aromatic carbocycles. The number of rotatable bonds is 4. The molecular formula is C17H15N3O2. The van der Waals surface area contributed by atoms with Crippen LogP contribution in [0.1, 0.15) is 11.1 Å². The summed E-state index contributed by atoms with van der Waals surface area (Å²) in [6, 6.07) is 15.6. The van der Waals surface area contributed by atoms with E-state index in [1.807, 2.05) is 48.5 Å². The highest BCUT2D eigenvalue weighted by molar-refractivity contribution is 5.97. The first-order chi connectivity index (χ1) is 10.8. The maximum atomic E-state index is 11.8. The van der Waals surface area contributed by atoms with Crippen LogP contribution in [0.3, 0.4) is 0 Å².